The van der Waals surface area contributed by atoms with Gasteiger partial charge in [0.15, 0.2) is 0 Å². The van der Waals surface area contributed by atoms with Crippen LogP contribution in [0.5, 0.6) is 0 Å². The zero-order chi connectivity index (χ0) is 19.9. The molecule has 0 radical (unpaired) electrons. The third-order valence-corrected chi connectivity index (χ3v) is 6.68. The largest absolute Gasteiger partial charge is 0.426 e. The van der Waals surface area contributed by atoms with E-state index in [2.05, 4.69) is 15.9 Å². The van der Waals surface area contributed by atoms with Gasteiger partial charge in [-0.25, -0.2) is 8.42 Å². The molecular formula is C15H18BrF3N2O4S. The summed E-state index contributed by atoms with van der Waals surface area (Å²) in [6.45, 7) is 1.25. The normalized spacial score (nSPS) is 22.1. The number of benzene rings is 1. The lowest BCUT2D eigenvalue weighted by atomic mass is 10.0. The first kappa shape index (κ1) is 21.1. The number of sulfonamides is 1. The molecule has 0 aromatic heterocycles. The lowest BCUT2D eigenvalue weighted by molar-refractivity contribution is -0.251. The molecule has 0 aliphatic carbocycles. The molecule has 6 nitrogen and oxygen atoms in total. The van der Waals surface area contributed by atoms with Crippen LogP contribution in [0.4, 0.5) is 13.2 Å². The SMILES string of the molecule is C[C@H]1CN(S(=O)(=O)c2ccc(Br)cc2)CCN1C(=O)[C@@](C)(O)C(F)(F)F. The first-order valence-corrected chi connectivity index (χ1v) is 9.87. The van der Waals surface area contributed by atoms with Gasteiger partial charge in [-0.2, -0.15) is 17.5 Å². The molecule has 2 atom stereocenters. The molecular weight excluding hydrogens is 441 g/mol. The maximum Gasteiger partial charge on any atom is 0.426 e. The van der Waals surface area contributed by atoms with Crippen molar-refractivity contribution in [1.82, 2.24) is 9.21 Å². The maximum absolute atomic E-state index is 12.9. The minimum absolute atomic E-state index is 0.0509. The van der Waals surface area contributed by atoms with Gasteiger partial charge in [0.1, 0.15) is 0 Å². The van der Waals surface area contributed by atoms with Gasteiger partial charge in [0.05, 0.1) is 4.90 Å². The number of halogens is 4. The van der Waals surface area contributed by atoms with Crippen molar-refractivity contribution in [2.75, 3.05) is 19.6 Å². The molecule has 0 saturated carbocycles. The average molecular weight is 459 g/mol. The number of hydrogen-bond acceptors (Lipinski definition) is 4. The summed E-state index contributed by atoms with van der Waals surface area (Å²) in [6, 6.07) is 5.13. The summed E-state index contributed by atoms with van der Waals surface area (Å²) in [6.07, 6.45) is -5.12. The smallest absolute Gasteiger partial charge is 0.373 e. The second kappa shape index (κ2) is 7.10. The van der Waals surface area contributed by atoms with Crippen LogP contribution in [0.3, 0.4) is 0 Å². The Morgan fingerprint density at radius 1 is 1.23 bits per heavy atom. The van der Waals surface area contributed by atoms with E-state index >= 15 is 0 Å². The molecule has 1 fully saturated rings. The lowest BCUT2D eigenvalue weighted by Crippen LogP contribution is -2.63. The highest BCUT2D eigenvalue weighted by molar-refractivity contribution is 9.10. The molecule has 26 heavy (non-hydrogen) atoms. The van der Waals surface area contributed by atoms with E-state index in [9.17, 15) is 31.5 Å². The van der Waals surface area contributed by atoms with Crippen LogP contribution in [0.25, 0.3) is 0 Å². The van der Waals surface area contributed by atoms with Crippen molar-refractivity contribution < 1.29 is 31.5 Å². The van der Waals surface area contributed by atoms with Crippen molar-refractivity contribution in [3.63, 3.8) is 0 Å². The molecule has 2 rings (SSSR count). The van der Waals surface area contributed by atoms with Gasteiger partial charge in [-0.05, 0) is 38.1 Å². The second-order valence-electron chi connectivity index (χ2n) is 6.23. The van der Waals surface area contributed by atoms with E-state index in [1.807, 2.05) is 0 Å². The molecule has 1 amide bonds. The molecule has 11 heteroatoms. The first-order chi connectivity index (χ1) is 11.8. The van der Waals surface area contributed by atoms with Crippen LogP contribution in [0.2, 0.25) is 0 Å². The number of aliphatic hydroxyl groups is 1. The number of piperazine rings is 1. The highest BCUT2D eigenvalue weighted by atomic mass is 79.9. The maximum atomic E-state index is 12.9. The zero-order valence-corrected chi connectivity index (χ0v) is 16.4. The van der Waals surface area contributed by atoms with E-state index in [1.54, 1.807) is 12.1 Å². The standard InChI is InChI=1S/C15H18BrF3N2O4S/c1-10-9-20(26(24,25)12-5-3-11(16)4-6-12)7-8-21(10)13(22)14(2,23)15(17,18)19/h3-6,10,23H,7-9H2,1-2H3/t10-,14+/m0/s1. The lowest BCUT2D eigenvalue weighted by Gasteiger charge is -2.42. The summed E-state index contributed by atoms with van der Waals surface area (Å²) in [5.74, 6) is -1.49. The number of carbonyl (C=O) groups excluding carboxylic acids is 1. The van der Waals surface area contributed by atoms with Gasteiger partial charge in [0, 0.05) is 30.1 Å². The number of amides is 1. The Morgan fingerprint density at radius 3 is 2.23 bits per heavy atom. The van der Waals surface area contributed by atoms with Gasteiger partial charge in [-0.15, -0.1) is 0 Å². The third-order valence-electron chi connectivity index (χ3n) is 4.27. The minimum atomic E-state index is -5.12. The molecule has 1 aromatic carbocycles. The van der Waals surface area contributed by atoms with Crippen LogP contribution in [0.1, 0.15) is 13.8 Å². The molecule has 1 aliphatic heterocycles. The fourth-order valence-electron chi connectivity index (χ4n) is 2.60. The molecule has 0 spiro atoms. The second-order valence-corrected chi connectivity index (χ2v) is 9.09. The van der Waals surface area contributed by atoms with Crippen molar-refractivity contribution in [2.45, 2.75) is 36.6 Å². The fourth-order valence-corrected chi connectivity index (χ4v) is 4.38. The van der Waals surface area contributed by atoms with Gasteiger partial charge in [0.2, 0.25) is 15.6 Å². The summed E-state index contributed by atoms with van der Waals surface area (Å²) < 4.78 is 65.8. The van der Waals surface area contributed by atoms with Crippen molar-refractivity contribution in [1.29, 1.82) is 0 Å². The Morgan fingerprint density at radius 2 is 1.77 bits per heavy atom. The van der Waals surface area contributed by atoms with Gasteiger partial charge in [0.25, 0.3) is 5.91 Å². The molecule has 1 aliphatic rings. The van der Waals surface area contributed by atoms with E-state index in [0.717, 1.165) is 9.21 Å². The summed E-state index contributed by atoms with van der Waals surface area (Å²) in [5.41, 5.74) is -3.52. The van der Waals surface area contributed by atoms with Crippen molar-refractivity contribution >= 4 is 31.9 Å². The summed E-state index contributed by atoms with van der Waals surface area (Å²) in [5, 5.41) is 9.57. The first-order valence-electron chi connectivity index (χ1n) is 7.64. The van der Waals surface area contributed by atoms with Crippen molar-refractivity contribution in [2.24, 2.45) is 0 Å². The predicted molar refractivity (Wildman–Crippen MR) is 90.8 cm³/mol. The van der Waals surface area contributed by atoms with Gasteiger partial charge in [-0.1, -0.05) is 15.9 Å². The van der Waals surface area contributed by atoms with Gasteiger partial charge < -0.3 is 10.0 Å². The fraction of sp³-hybridized carbons (Fsp3) is 0.533. The predicted octanol–water partition coefficient (Wildman–Crippen LogP) is 1.98. The molecule has 1 aromatic rings. The Hall–Kier alpha value is -1.17. The quantitative estimate of drug-likeness (QED) is 0.750. The van der Waals surface area contributed by atoms with Crippen LogP contribution in [0.15, 0.2) is 33.6 Å². The van der Waals surface area contributed by atoms with E-state index in [4.69, 9.17) is 0 Å². The zero-order valence-electron chi connectivity index (χ0n) is 14.0. The van der Waals surface area contributed by atoms with Crippen LogP contribution >= 0.6 is 15.9 Å². The molecule has 1 heterocycles. The van der Waals surface area contributed by atoms with Crippen molar-refractivity contribution in [3.8, 4) is 0 Å². The minimum Gasteiger partial charge on any atom is -0.373 e. The Kier molecular flexibility index (Phi) is 5.77. The van der Waals surface area contributed by atoms with Crippen LogP contribution < -0.4 is 0 Å². The number of nitrogens with zero attached hydrogens (tertiary/aromatic N) is 2. The number of alkyl halides is 3. The summed E-state index contributed by atoms with van der Waals surface area (Å²) >= 11 is 3.21. The van der Waals surface area contributed by atoms with Crippen molar-refractivity contribution in [3.05, 3.63) is 28.7 Å². The number of carbonyl (C=O) groups is 1. The van der Waals surface area contributed by atoms with Crippen LogP contribution in [0, 0.1) is 0 Å². The Bertz CT molecular complexity index is 781. The monoisotopic (exact) mass is 458 g/mol. The third kappa shape index (κ3) is 3.90. The summed E-state index contributed by atoms with van der Waals surface area (Å²) in [4.78, 5) is 13.0. The molecule has 1 saturated heterocycles. The molecule has 146 valence electrons. The summed E-state index contributed by atoms with van der Waals surface area (Å²) in [7, 11) is -3.83. The molecule has 0 bridgehead atoms. The highest BCUT2D eigenvalue weighted by Crippen LogP contribution is 2.33. The van der Waals surface area contributed by atoms with E-state index in [-0.39, 0.29) is 24.5 Å². The number of hydrogen-bond donors (Lipinski definition) is 1. The Balaban J connectivity index is 2.18. The van der Waals surface area contributed by atoms with Gasteiger partial charge in [-0.3, -0.25) is 4.79 Å². The number of rotatable bonds is 3. The Labute approximate surface area is 157 Å². The van der Waals surface area contributed by atoms with Crippen LogP contribution in [-0.2, 0) is 14.8 Å². The molecule has 0 unspecified atom stereocenters. The van der Waals surface area contributed by atoms with Gasteiger partial charge >= 0.3 is 6.18 Å². The van der Waals surface area contributed by atoms with E-state index in [1.165, 1.54) is 19.1 Å². The van der Waals surface area contributed by atoms with Crippen LogP contribution in [-0.4, -0.2) is 66.1 Å². The average Bonchev–Trinajstić information content (AvgIpc) is 2.53. The van der Waals surface area contributed by atoms with E-state index < -0.39 is 33.7 Å². The topological polar surface area (TPSA) is 77.9 Å². The highest BCUT2D eigenvalue weighted by Gasteiger charge is 2.58. The van der Waals surface area contributed by atoms with E-state index in [0.29, 0.717) is 11.4 Å². The molecule has 1 N–H and O–H groups in total.